The van der Waals surface area contributed by atoms with E-state index in [1.807, 2.05) is 13.8 Å². The van der Waals surface area contributed by atoms with Gasteiger partial charge in [-0.3, -0.25) is 4.79 Å². The van der Waals surface area contributed by atoms with Crippen LogP contribution in [-0.2, 0) is 4.79 Å². The Morgan fingerprint density at radius 1 is 1.44 bits per heavy atom. The van der Waals surface area contributed by atoms with Crippen LogP contribution in [0.2, 0.25) is 0 Å². The zero-order valence-electron chi connectivity index (χ0n) is 10.4. The molecule has 0 saturated carbocycles. The predicted octanol–water partition coefficient (Wildman–Crippen LogP) is 1.65. The Morgan fingerprint density at radius 3 is 2.94 bits per heavy atom. The first kappa shape index (κ1) is 12.2. The Balaban J connectivity index is 2.11. The predicted molar refractivity (Wildman–Crippen MR) is 67.2 cm³/mol. The maximum absolute atomic E-state index is 11.6. The van der Waals surface area contributed by atoms with E-state index in [4.69, 9.17) is 0 Å². The van der Waals surface area contributed by atoms with Crippen LogP contribution in [0.4, 0.5) is 5.82 Å². The molecule has 0 radical (unpaired) electrons. The summed E-state index contributed by atoms with van der Waals surface area (Å²) >= 11 is 0. The SMILES string of the molecule is CC(C)CC(=O)Nc1cc(-n2cccn2)ncn1. The second kappa shape index (κ2) is 5.39. The van der Waals surface area contributed by atoms with E-state index in [9.17, 15) is 4.79 Å². The molecule has 0 saturated heterocycles. The standard InChI is InChI=1S/C12H15N5O/c1-9(2)6-12(18)16-10-7-11(14-8-13-10)17-5-3-4-15-17/h3-5,7-9H,6H2,1-2H3,(H,13,14,16,18). The van der Waals surface area contributed by atoms with Crippen LogP contribution in [0.1, 0.15) is 20.3 Å². The molecule has 0 aliphatic carbocycles. The van der Waals surface area contributed by atoms with Gasteiger partial charge in [-0.25, -0.2) is 14.6 Å². The van der Waals surface area contributed by atoms with Crippen LogP contribution in [0.5, 0.6) is 0 Å². The van der Waals surface area contributed by atoms with Gasteiger partial charge in [-0.2, -0.15) is 5.10 Å². The first-order valence-corrected chi connectivity index (χ1v) is 5.77. The highest BCUT2D eigenvalue weighted by Gasteiger charge is 2.07. The third kappa shape index (κ3) is 3.13. The smallest absolute Gasteiger partial charge is 0.225 e. The second-order valence-electron chi connectivity index (χ2n) is 4.36. The fraction of sp³-hybridized carbons (Fsp3) is 0.333. The maximum Gasteiger partial charge on any atom is 0.225 e. The van der Waals surface area contributed by atoms with E-state index in [-0.39, 0.29) is 5.91 Å². The number of anilines is 1. The molecule has 2 aromatic heterocycles. The molecule has 2 heterocycles. The van der Waals surface area contributed by atoms with Gasteiger partial charge in [0, 0.05) is 24.9 Å². The topological polar surface area (TPSA) is 72.7 Å². The number of rotatable bonds is 4. The van der Waals surface area contributed by atoms with Crippen molar-refractivity contribution in [1.82, 2.24) is 19.7 Å². The molecule has 6 nitrogen and oxygen atoms in total. The minimum Gasteiger partial charge on any atom is -0.311 e. The molecule has 18 heavy (non-hydrogen) atoms. The number of carbonyl (C=O) groups excluding carboxylic acids is 1. The monoisotopic (exact) mass is 245 g/mol. The van der Waals surface area contributed by atoms with Crippen LogP contribution in [-0.4, -0.2) is 25.7 Å². The molecule has 94 valence electrons. The summed E-state index contributed by atoms with van der Waals surface area (Å²) < 4.78 is 1.61. The lowest BCUT2D eigenvalue weighted by Gasteiger charge is -2.07. The zero-order chi connectivity index (χ0) is 13.0. The van der Waals surface area contributed by atoms with E-state index < -0.39 is 0 Å². The van der Waals surface area contributed by atoms with Crippen molar-refractivity contribution in [2.24, 2.45) is 5.92 Å². The van der Waals surface area contributed by atoms with Gasteiger partial charge < -0.3 is 5.32 Å². The molecule has 0 aromatic carbocycles. The summed E-state index contributed by atoms with van der Waals surface area (Å²) in [5, 5.41) is 6.81. The van der Waals surface area contributed by atoms with Crippen LogP contribution < -0.4 is 5.32 Å². The molecule has 0 unspecified atom stereocenters. The summed E-state index contributed by atoms with van der Waals surface area (Å²) in [4.78, 5) is 19.7. The summed E-state index contributed by atoms with van der Waals surface area (Å²) in [7, 11) is 0. The Kier molecular flexibility index (Phi) is 3.66. The highest BCUT2D eigenvalue weighted by atomic mass is 16.1. The van der Waals surface area contributed by atoms with Gasteiger partial charge in [0.15, 0.2) is 5.82 Å². The Hall–Kier alpha value is -2.24. The number of nitrogens with one attached hydrogen (secondary N) is 1. The minimum absolute atomic E-state index is 0.0462. The van der Waals surface area contributed by atoms with Gasteiger partial charge in [-0.05, 0) is 12.0 Å². The van der Waals surface area contributed by atoms with E-state index in [1.165, 1.54) is 6.33 Å². The van der Waals surface area contributed by atoms with Crippen LogP contribution in [0.25, 0.3) is 5.82 Å². The summed E-state index contributed by atoms with van der Waals surface area (Å²) in [6.07, 6.45) is 5.32. The number of aromatic nitrogens is 4. The van der Waals surface area contributed by atoms with Crippen molar-refractivity contribution in [3.05, 3.63) is 30.9 Å². The minimum atomic E-state index is -0.0462. The first-order valence-electron chi connectivity index (χ1n) is 5.77. The molecule has 1 N–H and O–H groups in total. The van der Waals surface area contributed by atoms with Gasteiger partial charge in [-0.1, -0.05) is 13.8 Å². The third-order valence-corrected chi connectivity index (χ3v) is 2.25. The van der Waals surface area contributed by atoms with Gasteiger partial charge in [0.05, 0.1) is 0 Å². The molecule has 0 bridgehead atoms. The number of nitrogens with zero attached hydrogens (tertiary/aromatic N) is 4. The van der Waals surface area contributed by atoms with Crippen molar-refractivity contribution in [3.63, 3.8) is 0 Å². The van der Waals surface area contributed by atoms with E-state index in [0.29, 0.717) is 24.0 Å². The van der Waals surface area contributed by atoms with Crippen molar-refractivity contribution in [2.75, 3.05) is 5.32 Å². The lowest BCUT2D eigenvalue weighted by molar-refractivity contribution is -0.116. The van der Waals surface area contributed by atoms with Gasteiger partial charge >= 0.3 is 0 Å². The van der Waals surface area contributed by atoms with Crippen LogP contribution >= 0.6 is 0 Å². The molecular formula is C12H15N5O. The Morgan fingerprint density at radius 2 is 2.28 bits per heavy atom. The molecule has 2 aromatic rings. The molecule has 0 spiro atoms. The van der Waals surface area contributed by atoms with E-state index in [2.05, 4.69) is 20.4 Å². The number of hydrogen-bond donors (Lipinski definition) is 1. The van der Waals surface area contributed by atoms with Crippen molar-refractivity contribution in [3.8, 4) is 5.82 Å². The largest absolute Gasteiger partial charge is 0.311 e. The molecule has 0 atom stereocenters. The molecule has 0 aliphatic heterocycles. The van der Waals surface area contributed by atoms with E-state index >= 15 is 0 Å². The number of hydrogen-bond acceptors (Lipinski definition) is 4. The van der Waals surface area contributed by atoms with Gasteiger partial charge in [-0.15, -0.1) is 0 Å². The molecule has 1 amide bonds. The average Bonchev–Trinajstić information content (AvgIpc) is 2.81. The third-order valence-electron chi connectivity index (χ3n) is 2.25. The lowest BCUT2D eigenvalue weighted by atomic mass is 10.1. The van der Waals surface area contributed by atoms with Gasteiger partial charge in [0.25, 0.3) is 0 Å². The Labute approximate surface area is 105 Å². The summed E-state index contributed by atoms with van der Waals surface area (Å²) in [5.74, 6) is 1.38. The normalized spacial score (nSPS) is 10.6. The highest BCUT2D eigenvalue weighted by Crippen LogP contribution is 2.09. The average molecular weight is 245 g/mol. The highest BCUT2D eigenvalue weighted by molar-refractivity contribution is 5.89. The van der Waals surface area contributed by atoms with Crippen molar-refractivity contribution >= 4 is 11.7 Å². The molecule has 0 fully saturated rings. The van der Waals surface area contributed by atoms with Crippen molar-refractivity contribution < 1.29 is 4.79 Å². The lowest BCUT2D eigenvalue weighted by Crippen LogP contribution is -2.15. The molecular weight excluding hydrogens is 230 g/mol. The zero-order valence-corrected chi connectivity index (χ0v) is 10.4. The fourth-order valence-corrected chi connectivity index (χ4v) is 1.51. The van der Waals surface area contributed by atoms with Crippen molar-refractivity contribution in [1.29, 1.82) is 0 Å². The van der Waals surface area contributed by atoms with E-state index in [1.54, 1.807) is 29.2 Å². The van der Waals surface area contributed by atoms with Gasteiger partial charge in [0.2, 0.25) is 5.91 Å². The van der Waals surface area contributed by atoms with E-state index in [0.717, 1.165) is 0 Å². The van der Waals surface area contributed by atoms with Crippen LogP contribution in [0.3, 0.4) is 0 Å². The molecule has 6 heteroatoms. The fourth-order valence-electron chi connectivity index (χ4n) is 1.51. The first-order chi connectivity index (χ1) is 8.65. The summed E-state index contributed by atoms with van der Waals surface area (Å²) in [5.41, 5.74) is 0. The Bertz CT molecular complexity index is 521. The van der Waals surface area contributed by atoms with Gasteiger partial charge in [0.1, 0.15) is 12.1 Å². The quantitative estimate of drug-likeness (QED) is 0.888. The molecule has 2 rings (SSSR count). The van der Waals surface area contributed by atoms with Crippen LogP contribution in [0.15, 0.2) is 30.9 Å². The number of carbonyl (C=O) groups is 1. The number of amides is 1. The van der Waals surface area contributed by atoms with Crippen molar-refractivity contribution in [2.45, 2.75) is 20.3 Å². The summed E-state index contributed by atoms with van der Waals surface area (Å²) in [6.45, 7) is 3.99. The molecule has 0 aliphatic rings. The summed E-state index contributed by atoms with van der Waals surface area (Å²) in [6, 6.07) is 3.49. The van der Waals surface area contributed by atoms with Crippen LogP contribution in [0, 0.1) is 5.92 Å². The maximum atomic E-state index is 11.6. The second-order valence-corrected chi connectivity index (χ2v) is 4.36.